The summed E-state index contributed by atoms with van der Waals surface area (Å²) >= 11 is 0. The first-order valence-corrected chi connectivity index (χ1v) is 5.22. The van der Waals surface area contributed by atoms with Crippen molar-refractivity contribution in [2.45, 2.75) is 32.3 Å². The third-order valence-electron chi connectivity index (χ3n) is 2.84. The van der Waals surface area contributed by atoms with Crippen LogP contribution in [-0.4, -0.2) is 48.5 Å². The summed E-state index contributed by atoms with van der Waals surface area (Å²) in [4.78, 5) is 2.27. The van der Waals surface area contributed by atoms with Gasteiger partial charge >= 0.3 is 0 Å². The highest BCUT2D eigenvalue weighted by molar-refractivity contribution is 4.84. The summed E-state index contributed by atoms with van der Waals surface area (Å²) < 4.78 is 5.24. The van der Waals surface area contributed by atoms with Crippen molar-refractivity contribution in [3.63, 3.8) is 0 Å². The Morgan fingerprint density at radius 1 is 1.23 bits per heavy atom. The van der Waals surface area contributed by atoms with Gasteiger partial charge in [0.25, 0.3) is 0 Å². The van der Waals surface area contributed by atoms with Gasteiger partial charge in [-0.3, -0.25) is 0 Å². The predicted molar refractivity (Wildman–Crippen MR) is 52.8 cm³/mol. The van der Waals surface area contributed by atoms with Gasteiger partial charge in [0.15, 0.2) is 0 Å². The molecule has 3 heteroatoms. The maximum atomic E-state index is 10.2. The second kappa shape index (κ2) is 4.94. The van der Waals surface area contributed by atoms with Gasteiger partial charge in [-0.1, -0.05) is 13.8 Å². The van der Waals surface area contributed by atoms with Crippen molar-refractivity contribution in [2.75, 3.05) is 32.8 Å². The van der Waals surface area contributed by atoms with Crippen molar-refractivity contribution in [3.8, 4) is 0 Å². The molecule has 0 aromatic heterocycles. The van der Waals surface area contributed by atoms with Crippen LogP contribution in [0.3, 0.4) is 0 Å². The van der Waals surface area contributed by atoms with Crippen LogP contribution < -0.4 is 0 Å². The van der Waals surface area contributed by atoms with Crippen LogP contribution in [0, 0.1) is 0 Å². The van der Waals surface area contributed by atoms with Gasteiger partial charge in [-0.05, 0) is 13.1 Å². The fourth-order valence-electron chi connectivity index (χ4n) is 1.77. The van der Waals surface area contributed by atoms with E-state index >= 15 is 0 Å². The van der Waals surface area contributed by atoms with E-state index in [1.807, 2.05) is 0 Å². The molecule has 0 radical (unpaired) electrons. The molecule has 13 heavy (non-hydrogen) atoms. The average Bonchev–Trinajstić information content (AvgIpc) is 2.15. The maximum Gasteiger partial charge on any atom is 0.0817 e. The molecule has 0 amide bonds. The fraction of sp³-hybridized carbons (Fsp3) is 1.00. The molecule has 0 aromatic rings. The van der Waals surface area contributed by atoms with Gasteiger partial charge in [-0.15, -0.1) is 0 Å². The SMILES string of the molecule is CCN(CC)CC1(O)CCOCC1. The van der Waals surface area contributed by atoms with Gasteiger partial charge in [0.1, 0.15) is 0 Å². The van der Waals surface area contributed by atoms with Crippen molar-refractivity contribution >= 4 is 0 Å². The summed E-state index contributed by atoms with van der Waals surface area (Å²) in [7, 11) is 0. The van der Waals surface area contributed by atoms with Crippen LogP contribution in [-0.2, 0) is 4.74 Å². The number of rotatable bonds is 4. The molecule has 3 nitrogen and oxygen atoms in total. The average molecular weight is 187 g/mol. The molecule has 0 saturated carbocycles. The van der Waals surface area contributed by atoms with Gasteiger partial charge in [-0.25, -0.2) is 0 Å². The lowest BCUT2D eigenvalue weighted by molar-refractivity contribution is -0.0787. The van der Waals surface area contributed by atoms with Crippen molar-refractivity contribution in [2.24, 2.45) is 0 Å². The van der Waals surface area contributed by atoms with Crippen LogP contribution in [0.5, 0.6) is 0 Å². The summed E-state index contributed by atoms with van der Waals surface area (Å²) in [5, 5.41) is 10.2. The molecular formula is C10H21NO2. The normalized spacial score (nSPS) is 22.2. The lowest BCUT2D eigenvalue weighted by Crippen LogP contribution is -2.46. The summed E-state index contributed by atoms with van der Waals surface area (Å²) in [6.45, 7) is 8.50. The van der Waals surface area contributed by atoms with E-state index in [-0.39, 0.29) is 0 Å². The third-order valence-corrected chi connectivity index (χ3v) is 2.84. The second-order valence-electron chi connectivity index (χ2n) is 3.80. The van der Waals surface area contributed by atoms with E-state index in [4.69, 9.17) is 4.74 Å². The van der Waals surface area contributed by atoms with Gasteiger partial charge < -0.3 is 14.7 Å². The first-order valence-electron chi connectivity index (χ1n) is 5.22. The fourth-order valence-corrected chi connectivity index (χ4v) is 1.77. The minimum Gasteiger partial charge on any atom is -0.388 e. The molecular weight excluding hydrogens is 166 g/mol. The van der Waals surface area contributed by atoms with Crippen LogP contribution >= 0.6 is 0 Å². The highest BCUT2D eigenvalue weighted by Crippen LogP contribution is 2.21. The van der Waals surface area contributed by atoms with Crippen molar-refractivity contribution in [1.29, 1.82) is 0 Å². The highest BCUT2D eigenvalue weighted by atomic mass is 16.5. The number of hydrogen-bond donors (Lipinski definition) is 1. The van der Waals surface area contributed by atoms with Crippen molar-refractivity contribution in [3.05, 3.63) is 0 Å². The van der Waals surface area contributed by atoms with Crippen LogP contribution in [0.1, 0.15) is 26.7 Å². The summed E-state index contributed by atoms with van der Waals surface area (Å²) in [6.07, 6.45) is 1.56. The standard InChI is InChI=1S/C10H21NO2/c1-3-11(4-2)9-10(12)5-7-13-8-6-10/h12H,3-9H2,1-2H3. The molecule has 0 bridgehead atoms. The molecule has 1 fully saturated rings. The molecule has 0 spiro atoms. The van der Waals surface area contributed by atoms with Gasteiger partial charge in [-0.2, -0.15) is 0 Å². The molecule has 78 valence electrons. The first-order chi connectivity index (χ1) is 6.20. The van der Waals surface area contributed by atoms with Gasteiger partial charge in [0.05, 0.1) is 5.60 Å². The largest absolute Gasteiger partial charge is 0.388 e. The molecule has 1 heterocycles. The number of hydrogen-bond acceptors (Lipinski definition) is 3. The maximum absolute atomic E-state index is 10.2. The number of likely N-dealkylation sites (N-methyl/N-ethyl adjacent to an activating group) is 1. The molecule has 0 atom stereocenters. The first kappa shape index (κ1) is 11.0. The Kier molecular flexibility index (Phi) is 4.16. The zero-order chi connectivity index (χ0) is 9.73. The minimum atomic E-state index is -0.496. The van der Waals surface area contributed by atoms with Gasteiger partial charge in [0, 0.05) is 32.6 Å². The monoisotopic (exact) mass is 187 g/mol. The molecule has 1 saturated heterocycles. The minimum absolute atomic E-state index is 0.496. The van der Waals surface area contributed by atoms with E-state index in [1.54, 1.807) is 0 Å². The lowest BCUT2D eigenvalue weighted by Gasteiger charge is -2.36. The molecule has 0 aliphatic carbocycles. The van der Waals surface area contributed by atoms with Crippen molar-refractivity contribution < 1.29 is 9.84 Å². The van der Waals surface area contributed by atoms with Crippen LogP contribution in [0.4, 0.5) is 0 Å². The molecule has 1 rings (SSSR count). The van der Waals surface area contributed by atoms with E-state index in [2.05, 4.69) is 18.7 Å². The summed E-state index contributed by atoms with van der Waals surface area (Å²) in [5.41, 5.74) is -0.496. The summed E-state index contributed by atoms with van der Waals surface area (Å²) in [5.74, 6) is 0. The number of ether oxygens (including phenoxy) is 1. The molecule has 1 aliphatic rings. The van der Waals surface area contributed by atoms with Gasteiger partial charge in [0.2, 0.25) is 0 Å². The molecule has 1 N–H and O–H groups in total. The summed E-state index contributed by atoms with van der Waals surface area (Å²) in [6, 6.07) is 0. The Balaban J connectivity index is 2.39. The lowest BCUT2D eigenvalue weighted by atomic mass is 9.94. The van der Waals surface area contributed by atoms with E-state index in [0.29, 0.717) is 13.2 Å². The van der Waals surface area contributed by atoms with E-state index in [0.717, 1.165) is 32.5 Å². The Bertz CT molecular complexity index is 140. The zero-order valence-electron chi connectivity index (χ0n) is 8.75. The smallest absolute Gasteiger partial charge is 0.0817 e. The van der Waals surface area contributed by atoms with Crippen LogP contribution in [0.25, 0.3) is 0 Å². The highest BCUT2D eigenvalue weighted by Gasteiger charge is 2.30. The van der Waals surface area contributed by atoms with E-state index in [1.165, 1.54) is 0 Å². The Morgan fingerprint density at radius 2 is 1.77 bits per heavy atom. The second-order valence-corrected chi connectivity index (χ2v) is 3.80. The molecule has 1 aliphatic heterocycles. The topological polar surface area (TPSA) is 32.7 Å². The number of aliphatic hydroxyl groups is 1. The van der Waals surface area contributed by atoms with Crippen LogP contribution in [0.2, 0.25) is 0 Å². The quantitative estimate of drug-likeness (QED) is 0.709. The predicted octanol–water partition coefficient (Wildman–Crippen LogP) is 0.870. The Labute approximate surface area is 80.7 Å². The molecule has 0 unspecified atom stereocenters. The van der Waals surface area contributed by atoms with E-state index < -0.39 is 5.60 Å². The van der Waals surface area contributed by atoms with Crippen LogP contribution in [0.15, 0.2) is 0 Å². The van der Waals surface area contributed by atoms with E-state index in [9.17, 15) is 5.11 Å². The Hall–Kier alpha value is -0.120. The zero-order valence-corrected chi connectivity index (χ0v) is 8.75. The Morgan fingerprint density at radius 3 is 2.23 bits per heavy atom. The van der Waals surface area contributed by atoms with Crippen molar-refractivity contribution in [1.82, 2.24) is 4.90 Å². The third kappa shape index (κ3) is 3.25. The molecule has 0 aromatic carbocycles. The number of nitrogens with zero attached hydrogens (tertiary/aromatic N) is 1.